The summed E-state index contributed by atoms with van der Waals surface area (Å²) in [5.74, 6) is -3.25. The SMILES string of the molecule is CC(NC(=O)c1ccc2c(c1)NCC2)(C(=O)O)C(F)(F)F. The van der Waals surface area contributed by atoms with Gasteiger partial charge in [-0.2, -0.15) is 13.2 Å². The van der Waals surface area contributed by atoms with E-state index in [2.05, 4.69) is 5.32 Å². The number of benzene rings is 1. The van der Waals surface area contributed by atoms with E-state index in [1.54, 1.807) is 11.4 Å². The lowest BCUT2D eigenvalue weighted by molar-refractivity contribution is -0.203. The zero-order valence-electron chi connectivity index (χ0n) is 11.0. The van der Waals surface area contributed by atoms with Crippen LogP contribution >= 0.6 is 0 Å². The van der Waals surface area contributed by atoms with Crippen LogP contribution in [0.5, 0.6) is 0 Å². The summed E-state index contributed by atoms with van der Waals surface area (Å²) >= 11 is 0. The number of hydrogen-bond donors (Lipinski definition) is 3. The fourth-order valence-corrected chi connectivity index (χ4v) is 1.98. The molecule has 0 spiro atoms. The summed E-state index contributed by atoms with van der Waals surface area (Å²) < 4.78 is 38.5. The van der Waals surface area contributed by atoms with Gasteiger partial charge in [-0.3, -0.25) is 4.79 Å². The highest BCUT2D eigenvalue weighted by molar-refractivity contribution is 5.99. The van der Waals surface area contributed by atoms with Crippen LogP contribution in [0.1, 0.15) is 22.8 Å². The van der Waals surface area contributed by atoms with E-state index in [9.17, 15) is 22.8 Å². The van der Waals surface area contributed by atoms with Crippen molar-refractivity contribution in [2.75, 3.05) is 11.9 Å². The minimum absolute atomic E-state index is 0.0279. The maximum absolute atomic E-state index is 12.8. The van der Waals surface area contributed by atoms with E-state index in [-0.39, 0.29) is 5.56 Å². The first-order chi connectivity index (χ1) is 9.65. The predicted molar refractivity (Wildman–Crippen MR) is 68.2 cm³/mol. The molecule has 114 valence electrons. The molecule has 0 fully saturated rings. The van der Waals surface area contributed by atoms with E-state index in [1.165, 1.54) is 12.1 Å². The van der Waals surface area contributed by atoms with Crippen LogP contribution in [0.2, 0.25) is 0 Å². The summed E-state index contributed by atoms with van der Waals surface area (Å²) in [5, 5.41) is 13.3. The minimum atomic E-state index is -5.11. The Labute approximate surface area is 118 Å². The molecule has 1 aromatic carbocycles. The van der Waals surface area contributed by atoms with Crippen LogP contribution in [0.4, 0.5) is 18.9 Å². The highest BCUT2D eigenvalue weighted by Gasteiger charge is 2.58. The minimum Gasteiger partial charge on any atom is -0.479 e. The summed E-state index contributed by atoms with van der Waals surface area (Å²) in [6, 6.07) is 4.42. The van der Waals surface area contributed by atoms with Gasteiger partial charge in [0.1, 0.15) is 0 Å². The zero-order chi connectivity index (χ0) is 15.8. The zero-order valence-corrected chi connectivity index (χ0v) is 11.0. The number of carbonyl (C=O) groups is 2. The Hall–Kier alpha value is -2.25. The van der Waals surface area contributed by atoms with Crippen LogP contribution in [0.3, 0.4) is 0 Å². The molecular weight excluding hydrogens is 289 g/mol. The molecule has 2 rings (SSSR count). The van der Waals surface area contributed by atoms with Crippen LogP contribution in [0.25, 0.3) is 0 Å². The van der Waals surface area contributed by atoms with Gasteiger partial charge >= 0.3 is 12.1 Å². The molecule has 1 atom stereocenters. The molecule has 0 radical (unpaired) electrons. The number of amides is 1. The fraction of sp³-hybridized carbons (Fsp3) is 0.385. The first-order valence-corrected chi connectivity index (χ1v) is 6.14. The number of aliphatic carboxylic acids is 1. The molecule has 1 aliphatic rings. The molecule has 1 unspecified atom stereocenters. The van der Waals surface area contributed by atoms with Crippen LogP contribution < -0.4 is 10.6 Å². The summed E-state index contributed by atoms with van der Waals surface area (Å²) in [4.78, 5) is 22.8. The number of anilines is 1. The number of nitrogens with one attached hydrogen (secondary N) is 2. The monoisotopic (exact) mass is 302 g/mol. The molecule has 1 amide bonds. The third-order valence-electron chi connectivity index (χ3n) is 3.44. The van der Waals surface area contributed by atoms with Crippen LogP contribution in [-0.4, -0.2) is 35.2 Å². The van der Waals surface area contributed by atoms with Gasteiger partial charge in [0, 0.05) is 17.8 Å². The van der Waals surface area contributed by atoms with Crippen molar-refractivity contribution >= 4 is 17.6 Å². The highest BCUT2D eigenvalue weighted by atomic mass is 19.4. The maximum Gasteiger partial charge on any atom is 0.422 e. The quantitative estimate of drug-likeness (QED) is 0.795. The van der Waals surface area contributed by atoms with Gasteiger partial charge in [0.2, 0.25) is 5.54 Å². The molecule has 0 aliphatic carbocycles. The van der Waals surface area contributed by atoms with Gasteiger partial charge in [-0.15, -0.1) is 0 Å². The van der Waals surface area contributed by atoms with E-state index >= 15 is 0 Å². The number of carboxylic acids is 1. The standard InChI is InChI=1S/C13H13F3N2O3/c1-12(11(20)21,13(14,15)16)18-10(19)8-3-2-7-4-5-17-9(7)6-8/h2-3,6,17H,4-5H2,1H3,(H,18,19)(H,20,21). The molecule has 1 aliphatic heterocycles. The third-order valence-corrected chi connectivity index (χ3v) is 3.44. The average molecular weight is 302 g/mol. The molecule has 0 saturated carbocycles. The molecule has 8 heteroatoms. The number of alkyl halides is 3. The Morgan fingerprint density at radius 2 is 2.00 bits per heavy atom. The molecule has 3 N–H and O–H groups in total. The Morgan fingerprint density at radius 3 is 2.57 bits per heavy atom. The molecule has 21 heavy (non-hydrogen) atoms. The van der Waals surface area contributed by atoms with Gasteiger partial charge in [-0.05, 0) is 31.0 Å². The summed E-state index contributed by atoms with van der Waals surface area (Å²) in [7, 11) is 0. The average Bonchev–Trinajstić information content (AvgIpc) is 2.83. The largest absolute Gasteiger partial charge is 0.479 e. The van der Waals surface area contributed by atoms with Gasteiger partial charge < -0.3 is 15.7 Å². The van der Waals surface area contributed by atoms with Crippen molar-refractivity contribution in [3.05, 3.63) is 29.3 Å². The number of carbonyl (C=O) groups excluding carboxylic acids is 1. The predicted octanol–water partition coefficient (Wildman–Crippen LogP) is 1.79. The fourth-order valence-electron chi connectivity index (χ4n) is 1.98. The molecule has 1 aromatic rings. The van der Waals surface area contributed by atoms with Crippen molar-refractivity contribution in [2.24, 2.45) is 0 Å². The maximum atomic E-state index is 12.8. The second-order valence-corrected chi connectivity index (χ2v) is 4.93. The van der Waals surface area contributed by atoms with E-state index in [0.717, 1.165) is 12.0 Å². The Morgan fingerprint density at radius 1 is 1.33 bits per heavy atom. The van der Waals surface area contributed by atoms with Crippen molar-refractivity contribution in [3.63, 3.8) is 0 Å². The van der Waals surface area contributed by atoms with Gasteiger partial charge in [-0.25, -0.2) is 4.79 Å². The summed E-state index contributed by atoms with van der Waals surface area (Å²) in [6.07, 6.45) is -4.34. The molecule has 1 heterocycles. The Balaban J connectivity index is 2.26. The third kappa shape index (κ3) is 2.65. The van der Waals surface area contributed by atoms with Crippen molar-refractivity contribution in [1.82, 2.24) is 5.32 Å². The van der Waals surface area contributed by atoms with Gasteiger partial charge in [0.15, 0.2) is 0 Å². The van der Waals surface area contributed by atoms with Crippen molar-refractivity contribution in [1.29, 1.82) is 0 Å². The van der Waals surface area contributed by atoms with Crippen LogP contribution in [-0.2, 0) is 11.2 Å². The van der Waals surface area contributed by atoms with Crippen molar-refractivity contribution in [2.45, 2.75) is 25.1 Å². The molecular formula is C13H13F3N2O3. The molecule has 0 aromatic heterocycles. The number of hydrogen-bond acceptors (Lipinski definition) is 3. The van der Waals surface area contributed by atoms with Gasteiger partial charge in [0.25, 0.3) is 5.91 Å². The number of carboxylic acid groups (broad SMARTS) is 1. The lowest BCUT2D eigenvalue weighted by Gasteiger charge is -2.28. The molecule has 5 nitrogen and oxygen atoms in total. The normalized spacial score (nSPS) is 16.6. The lowest BCUT2D eigenvalue weighted by atomic mass is 10.0. The Bertz CT molecular complexity index is 601. The second kappa shape index (κ2) is 4.94. The van der Waals surface area contributed by atoms with E-state index in [0.29, 0.717) is 19.2 Å². The van der Waals surface area contributed by atoms with Crippen LogP contribution in [0, 0.1) is 0 Å². The topological polar surface area (TPSA) is 78.4 Å². The first-order valence-electron chi connectivity index (χ1n) is 6.14. The van der Waals surface area contributed by atoms with Gasteiger partial charge in [0.05, 0.1) is 0 Å². The number of fused-ring (bicyclic) bond motifs is 1. The number of rotatable bonds is 3. The van der Waals surface area contributed by atoms with Crippen molar-refractivity contribution < 1.29 is 27.9 Å². The first kappa shape index (κ1) is 15.1. The Kier molecular flexibility index (Phi) is 3.56. The van der Waals surface area contributed by atoms with E-state index in [4.69, 9.17) is 5.11 Å². The highest BCUT2D eigenvalue weighted by Crippen LogP contribution is 2.31. The van der Waals surface area contributed by atoms with Gasteiger partial charge in [-0.1, -0.05) is 6.07 Å². The van der Waals surface area contributed by atoms with Crippen molar-refractivity contribution in [3.8, 4) is 0 Å². The van der Waals surface area contributed by atoms with E-state index < -0.39 is 23.6 Å². The molecule has 0 bridgehead atoms. The van der Waals surface area contributed by atoms with Crippen LogP contribution in [0.15, 0.2) is 18.2 Å². The smallest absolute Gasteiger partial charge is 0.422 e. The molecule has 0 saturated heterocycles. The number of halogens is 3. The lowest BCUT2D eigenvalue weighted by Crippen LogP contribution is -2.61. The summed E-state index contributed by atoms with van der Waals surface area (Å²) in [5.41, 5.74) is -1.73. The summed E-state index contributed by atoms with van der Waals surface area (Å²) in [6.45, 7) is 1.11. The second-order valence-electron chi connectivity index (χ2n) is 4.93. The van der Waals surface area contributed by atoms with E-state index in [1.807, 2.05) is 0 Å².